The Labute approximate surface area is 151 Å². The molecule has 1 aliphatic heterocycles. The monoisotopic (exact) mass is 354 g/mol. The van der Waals surface area contributed by atoms with Crippen LogP contribution in [0, 0.1) is 0 Å². The summed E-state index contributed by atoms with van der Waals surface area (Å²) in [7, 11) is 0. The van der Waals surface area contributed by atoms with Gasteiger partial charge in [-0.25, -0.2) is 4.98 Å². The van der Waals surface area contributed by atoms with Crippen molar-refractivity contribution < 1.29 is 14.9 Å². The number of benzene rings is 2. The number of anilines is 1. The van der Waals surface area contributed by atoms with Crippen molar-refractivity contribution in [2.75, 3.05) is 11.9 Å². The van der Waals surface area contributed by atoms with Crippen LogP contribution >= 0.6 is 0 Å². The molecule has 4 N–H and O–H groups in total. The maximum Gasteiger partial charge on any atom is 0.230 e. The number of quaternary nitrogens is 1. The number of aryl methyl sites for hydroxylation is 1. The second kappa shape index (κ2) is 8.10. The predicted octanol–water partition coefficient (Wildman–Crippen LogP) is 2.60. The smallest absolute Gasteiger partial charge is 0.230 e. The largest absolute Gasteiger partial charge is 0.453 e. The molecule has 0 bridgehead atoms. The van der Waals surface area contributed by atoms with Crippen LogP contribution in [0.25, 0.3) is 22.6 Å². The quantitative estimate of drug-likeness (QED) is 0.503. The zero-order valence-electron chi connectivity index (χ0n) is 15.0. The van der Waals surface area contributed by atoms with Crippen LogP contribution in [0.3, 0.4) is 0 Å². The van der Waals surface area contributed by atoms with E-state index in [1.807, 2.05) is 6.07 Å². The summed E-state index contributed by atoms with van der Waals surface area (Å²) < 4.78 is 5.86. The molecule has 0 saturated carbocycles. The number of carbonyl (C=O) groups is 1. The Morgan fingerprint density at radius 2 is 2.08 bits per heavy atom. The van der Waals surface area contributed by atoms with Crippen molar-refractivity contribution in [3.8, 4) is 11.5 Å². The predicted molar refractivity (Wildman–Crippen MR) is 101 cm³/mol. The number of nitrogens with one attached hydrogen (secondary N) is 1. The van der Waals surface area contributed by atoms with Crippen LogP contribution in [-0.2, 0) is 11.2 Å². The van der Waals surface area contributed by atoms with E-state index in [0.29, 0.717) is 41.2 Å². The molecule has 136 valence electrons. The van der Waals surface area contributed by atoms with E-state index < -0.39 is 0 Å². The minimum absolute atomic E-state index is 0.0154. The molecule has 0 saturated heterocycles. The Kier molecular flexibility index (Phi) is 5.63. The van der Waals surface area contributed by atoms with E-state index >= 15 is 0 Å². The van der Waals surface area contributed by atoms with Crippen LogP contribution in [0.4, 0.5) is 5.69 Å². The number of carbonyl (C=O) groups excluding carboxylic acids is 1. The molecule has 0 atom stereocenters. The summed E-state index contributed by atoms with van der Waals surface area (Å²) in [5, 5.41) is 2.80. The van der Waals surface area contributed by atoms with Gasteiger partial charge in [-0.05, 0) is 31.0 Å². The minimum atomic E-state index is -0.0911. The van der Waals surface area contributed by atoms with Gasteiger partial charge in [-0.3, -0.25) is 9.59 Å². The average molecular weight is 354 g/mol. The highest BCUT2D eigenvalue weighted by Gasteiger charge is 2.13. The molecule has 1 aromatic carbocycles. The number of unbranched alkanes of at least 4 members (excludes halogenated alkanes) is 2. The fourth-order valence-electron chi connectivity index (χ4n) is 2.92. The third-order valence-corrected chi connectivity index (χ3v) is 4.30. The maximum atomic E-state index is 12.3. The summed E-state index contributed by atoms with van der Waals surface area (Å²) in [4.78, 5) is 28.6. The summed E-state index contributed by atoms with van der Waals surface area (Å²) in [6, 6.07) is 8.67. The summed E-state index contributed by atoms with van der Waals surface area (Å²) >= 11 is 0. The molecule has 0 radical (unpaired) electrons. The first-order valence-electron chi connectivity index (χ1n) is 9.07. The van der Waals surface area contributed by atoms with Crippen LogP contribution in [0.5, 0.6) is 0 Å². The molecule has 1 amide bonds. The van der Waals surface area contributed by atoms with Gasteiger partial charge in [0.15, 0.2) is 16.8 Å². The highest BCUT2D eigenvalue weighted by atomic mass is 16.3. The van der Waals surface area contributed by atoms with E-state index in [-0.39, 0.29) is 11.3 Å². The highest BCUT2D eigenvalue weighted by Crippen LogP contribution is 2.26. The number of nitrogens with zero attached hydrogens (tertiary/aromatic N) is 1. The fourth-order valence-corrected chi connectivity index (χ4v) is 2.92. The Morgan fingerprint density at radius 3 is 2.85 bits per heavy atom. The molecule has 6 heteroatoms. The van der Waals surface area contributed by atoms with Gasteiger partial charge in [-0.2, -0.15) is 0 Å². The normalized spacial score (nSPS) is 11.2. The first-order valence-corrected chi connectivity index (χ1v) is 9.07. The van der Waals surface area contributed by atoms with Gasteiger partial charge in [-0.15, -0.1) is 0 Å². The van der Waals surface area contributed by atoms with E-state index in [2.05, 4.69) is 23.0 Å². The van der Waals surface area contributed by atoms with Crippen molar-refractivity contribution in [2.45, 2.75) is 39.0 Å². The van der Waals surface area contributed by atoms with Gasteiger partial charge < -0.3 is 15.5 Å². The molecule has 2 aliphatic rings. The minimum Gasteiger partial charge on any atom is -0.453 e. The molecule has 6 nitrogen and oxygen atoms in total. The number of hydrogen-bond donors (Lipinski definition) is 2. The van der Waals surface area contributed by atoms with E-state index in [1.165, 1.54) is 6.07 Å². The van der Waals surface area contributed by atoms with Crippen molar-refractivity contribution in [1.82, 2.24) is 4.98 Å². The summed E-state index contributed by atoms with van der Waals surface area (Å²) in [5.74, 6) is 0.370. The van der Waals surface area contributed by atoms with Gasteiger partial charge in [0, 0.05) is 23.4 Å². The third kappa shape index (κ3) is 4.08. The highest BCUT2D eigenvalue weighted by molar-refractivity contribution is 5.92. The molecule has 0 spiro atoms. The molecule has 1 heterocycles. The number of amides is 1. The average Bonchev–Trinajstić information content (AvgIpc) is 2.61. The first-order chi connectivity index (χ1) is 12.6. The molecule has 0 aromatic heterocycles. The molecular weight excluding hydrogens is 330 g/mol. The van der Waals surface area contributed by atoms with E-state index in [0.717, 1.165) is 31.2 Å². The maximum absolute atomic E-state index is 12.3. The number of fused-ring (bicyclic) bond motifs is 2. The van der Waals surface area contributed by atoms with Crippen LogP contribution in [0.1, 0.15) is 38.2 Å². The van der Waals surface area contributed by atoms with E-state index in [9.17, 15) is 9.59 Å². The van der Waals surface area contributed by atoms with E-state index in [4.69, 9.17) is 4.42 Å². The van der Waals surface area contributed by atoms with E-state index in [1.54, 1.807) is 18.2 Å². The second-order valence-electron chi connectivity index (χ2n) is 6.43. The van der Waals surface area contributed by atoms with Gasteiger partial charge in [0.1, 0.15) is 11.2 Å². The van der Waals surface area contributed by atoms with Crippen molar-refractivity contribution in [3.63, 3.8) is 0 Å². The van der Waals surface area contributed by atoms with Crippen LogP contribution in [0.2, 0.25) is 0 Å². The fraction of sp³-hybridized carbons (Fsp3) is 0.350. The number of aromatic nitrogens is 1. The molecular formula is C20H24N3O3+. The molecule has 3 rings (SSSR count). The first kappa shape index (κ1) is 18.1. The Morgan fingerprint density at radius 1 is 1.23 bits per heavy atom. The van der Waals surface area contributed by atoms with Crippen LogP contribution in [-0.4, -0.2) is 17.4 Å². The zero-order valence-corrected chi connectivity index (χ0v) is 15.0. The summed E-state index contributed by atoms with van der Waals surface area (Å²) in [6.07, 6.45) is 4.35. The molecule has 1 aliphatic carbocycles. The van der Waals surface area contributed by atoms with Crippen molar-refractivity contribution in [1.29, 1.82) is 0 Å². The lowest BCUT2D eigenvalue weighted by Crippen LogP contribution is -2.51. The topological polar surface area (TPSA) is 99.8 Å². The molecule has 1 aromatic rings. The van der Waals surface area contributed by atoms with Crippen molar-refractivity contribution >= 4 is 22.7 Å². The Bertz CT molecular complexity index is 949. The van der Waals surface area contributed by atoms with Crippen molar-refractivity contribution in [2.24, 2.45) is 0 Å². The van der Waals surface area contributed by atoms with Gasteiger partial charge >= 0.3 is 0 Å². The second-order valence-corrected chi connectivity index (χ2v) is 6.43. The lowest BCUT2D eigenvalue weighted by molar-refractivity contribution is -0.365. The third-order valence-electron chi connectivity index (χ3n) is 4.30. The number of hydrogen-bond acceptors (Lipinski definition) is 4. The van der Waals surface area contributed by atoms with Gasteiger partial charge in [0.2, 0.25) is 5.91 Å². The molecule has 26 heavy (non-hydrogen) atoms. The lowest BCUT2D eigenvalue weighted by Gasteiger charge is -2.10. The van der Waals surface area contributed by atoms with Crippen molar-refractivity contribution in [3.05, 3.63) is 46.1 Å². The summed E-state index contributed by atoms with van der Waals surface area (Å²) in [6.45, 7) is 2.68. The lowest BCUT2D eigenvalue weighted by atomic mass is 10.0. The number of rotatable bonds is 7. The van der Waals surface area contributed by atoms with Crippen LogP contribution < -0.4 is 16.5 Å². The van der Waals surface area contributed by atoms with Crippen LogP contribution in [0.15, 0.2) is 39.5 Å². The standard InChI is InChI=1S/C20H23N3O3/c1-2-3-4-5-13-10-16-19(12-17(13)24)26-18-11-14(6-7-15(18)23-16)22-20(25)8-9-21/h6-7,10-12H,2-5,8-9,21H2,1H3,(H,22,25)/p+1. The molecule has 0 unspecified atom stereocenters. The Hall–Kier alpha value is -2.73. The zero-order chi connectivity index (χ0) is 18.5. The van der Waals surface area contributed by atoms with Gasteiger partial charge in [0.05, 0.1) is 13.0 Å². The van der Waals surface area contributed by atoms with Gasteiger partial charge in [0.25, 0.3) is 0 Å². The molecule has 0 fully saturated rings. The Balaban J connectivity index is 1.94. The van der Waals surface area contributed by atoms with Gasteiger partial charge in [-0.1, -0.05) is 19.8 Å². The summed E-state index contributed by atoms with van der Waals surface area (Å²) in [5.41, 5.74) is 6.97. The SMILES string of the molecule is CCCCCc1cc2nc3ccc(NC(=O)CC[NH3+])cc3oc-2cc1=O.